The summed E-state index contributed by atoms with van der Waals surface area (Å²) in [6.45, 7) is 0. The number of aromatic amines is 1. The van der Waals surface area contributed by atoms with Crippen molar-refractivity contribution in [3.63, 3.8) is 0 Å². The zero-order valence-electron chi connectivity index (χ0n) is 12.8. The van der Waals surface area contributed by atoms with Crippen LogP contribution in [0.1, 0.15) is 0 Å². The molecule has 0 aliphatic heterocycles. The van der Waals surface area contributed by atoms with Crippen LogP contribution in [0.25, 0.3) is 52.8 Å². The van der Waals surface area contributed by atoms with Crippen LogP contribution >= 0.6 is 11.3 Å². The highest BCUT2D eigenvalue weighted by Crippen LogP contribution is 2.41. The van der Waals surface area contributed by atoms with Crippen LogP contribution in [0.15, 0.2) is 72.8 Å². The molecule has 0 radical (unpaired) electrons. The molecule has 2 heteroatoms. The molecular formula is C22H13NS. The van der Waals surface area contributed by atoms with Crippen molar-refractivity contribution in [2.24, 2.45) is 0 Å². The first-order chi connectivity index (χ1) is 11.9. The van der Waals surface area contributed by atoms with Gasteiger partial charge < -0.3 is 4.98 Å². The van der Waals surface area contributed by atoms with E-state index in [0.717, 1.165) is 0 Å². The molecule has 2 heterocycles. The van der Waals surface area contributed by atoms with Crippen molar-refractivity contribution < 1.29 is 0 Å². The summed E-state index contributed by atoms with van der Waals surface area (Å²) in [7, 11) is 0. The standard InChI is InChI=1S/C22H13NS/c1-2-6-14-13(5-1)9-10-20-22(14)17-11-16-15-7-3-4-8-18(15)23-19(16)12-21(17)24-20/h1-12,23H. The number of benzene rings is 4. The Morgan fingerprint density at radius 2 is 1.42 bits per heavy atom. The molecule has 6 rings (SSSR count). The molecule has 4 aromatic carbocycles. The monoisotopic (exact) mass is 323 g/mol. The van der Waals surface area contributed by atoms with Crippen LogP contribution in [0.5, 0.6) is 0 Å². The molecule has 0 fully saturated rings. The summed E-state index contributed by atoms with van der Waals surface area (Å²) in [5.41, 5.74) is 2.43. The minimum absolute atomic E-state index is 1.21. The lowest BCUT2D eigenvalue weighted by Crippen LogP contribution is -1.74. The fourth-order valence-corrected chi connectivity index (χ4v) is 5.03. The largest absolute Gasteiger partial charge is 0.354 e. The Labute approximate surface area is 142 Å². The molecule has 112 valence electrons. The first kappa shape index (κ1) is 12.6. The predicted molar refractivity (Wildman–Crippen MR) is 106 cm³/mol. The average molecular weight is 323 g/mol. The van der Waals surface area contributed by atoms with Crippen molar-refractivity contribution >= 4 is 64.1 Å². The third kappa shape index (κ3) is 1.53. The van der Waals surface area contributed by atoms with Crippen LogP contribution in [0.2, 0.25) is 0 Å². The summed E-state index contributed by atoms with van der Waals surface area (Å²) in [4.78, 5) is 3.56. The number of para-hydroxylation sites is 1. The minimum atomic E-state index is 1.21. The molecule has 0 saturated carbocycles. The molecule has 0 atom stereocenters. The van der Waals surface area contributed by atoms with E-state index in [1.807, 2.05) is 11.3 Å². The van der Waals surface area contributed by atoms with Crippen molar-refractivity contribution in [3.05, 3.63) is 72.8 Å². The second-order valence-electron chi connectivity index (χ2n) is 6.33. The average Bonchev–Trinajstić information content (AvgIpc) is 3.17. The quantitative estimate of drug-likeness (QED) is 0.315. The Hall–Kier alpha value is -2.84. The Morgan fingerprint density at radius 3 is 2.38 bits per heavy atom. The first-order valence-electron chi connectivity index (χ1n) is 8.13. The molecule has 0 bridgehead atoms. The van der Waals surface area contributed by atoms with Gasteiger partial charge in [-0.05, 0) is 35.0 Å². The van der Waals surface area contributed by atoms with Crippen LogP contribution in [0.4, 0.5) is 0 Å². The summed E-state index contributed by atoms with van der Waals surface area (Å²) in [6, 6.07) is 26.4. The number of fused-ring (bicyclic) bond motifs is 8. The van der Waals surface area contributed by atoms with Gasteiger partial charge in [0.25, 0.3) is 0 Å². The number of thiophene rings is 1. The fraction of sp³-hybridized carbons (Fsp3) is 0. The predicted octanol–water partition coefficient (Wildman–Crippen LogP) is 6.84. The van der Waals surface area contributed by atoms with Gasteiger partial charge in [-0.1, -0.05) is 48.5 Å². The van der Waals surface area contributed by atoms with Gasteiger partial charge >= 0.3 is 0 Å². The van der Waals surface area contributed by atoms with Gasteiger partial charge in [0.1, 0.15) is 0 Å². The molecule has 1 nitrogen and oxygen atoms in total. The third-order valence-corrected chi connectivity index (χ3v) is 6.10. The zero-order valence-corrected chi connectivity index (χ0v) is 13.7. The normalized spacial score (nSPS) is 12.2. The molecular weight excluding hydrogens is 310 g/mol. The topological polar surface area (TPSA) is 15.8 Å². The summed E-state index contributed by atoms with van der Waals surface area (Å²) in [5, 5.41) is 8.02. The van der Waals surface area contributed by atoms with E-state index >= 15 is 0 Å². The van der Waals surface area contributed by atoms with Crippen molar-refractivity contribution in [1.29, 1.82) is 0 Å². The van der Waals surface area contributed by atoms with Crippen molar-refractivity contribution in [1.82, 2.24) is 4.98 Å². The van der Waals surface area contributed by atoms with E-state index in [9.17, 15) is 0 Å². The highest BCUT2D eigenvalue weighted by atomic mass is 32.1. The third-order valence-electron chi connectivity index (χ3n) is 4.99. The van der Waals surface area contributed by atoms with Gasteiger partial charge in [-0.2, -0.15) is 0 Å². The molecule has 0 aliphatic carbocycles. The Morgan fingerprint density at radius 1 is 0.583 bits per heavy atom. The van der Waals surface area contributed by atoms with Crippen LogP contribution in [-0.4, -0.2) is 4.98 Å². The number of rotatable bonds is 0. The van der Waals surface area contributed by atoms with E-state index < -0.39 is 0 Å². The lowest BCUT2D eigenvalue weighted by molar-refractivity contribution is 1.56. The number of nitrogens with one attached hydrogen (secondary N) is 1. The maximum absolute atomic E-state index is 3.56. The molecule has 0 unspecified atom stereocenters. The molecule has 0 amide bonds. The van der Waals surface area contributed by atoms with Crippen molar-refractivity contribution in [2.75, 3.05) is 0 Å². The van der Waals surface area contributed by atoms with E-state index in [0.29, 0.717) is 0 Å². The summed E-state index contributed by atoms with van der Waals surface area (Å²) in [6.07, 6.45) is 0. The van der Waals surface area contributed by atoms with Gasteiger partial charge in [0, 0.05) is 42.0 Å². The fourth-order valence-electron chi connectivity index (χ4n) is 3.89. The lowest BCUT2D eigenvalue weighted by Gasteiger charge is -2.00. The van der Waals surface area contributed by atoms with Crippen LogP contribution in [-0.2, 0) is 0 Å². The molecule has 0 aliphatic rings. The van der Waals surface area contributed by atoms with Crippen LogP contribution < -0.4 is 0 Å². The van der Waals surface area contributed by atoms with Gasteiger partial charge in [-0.15, -0.1) is 11.3 Å². The highest BCUT2D eigenvalue weighted by Gasteiger charge is 2.12. The zero-order chi connectivity index (χ0) is 15.7. The van der Waals surface area contributed by atoms with Crippen molar-refractivity contribution in [2.45, 2.75) is 0 Å². The molecule has 6 aromatic rings. The second-order valence-corrected chi connectivity index (χ2v) is 7.41. The lowest BCUT2D eigenvalue weighted by atomic mass is 10.0. The van der Waals surface area contributed by atoms with Gasteiger partial charge in [0.15, 0.2) is 0 Å². The summed E-state index contributed by atoms with van der Waals surface area (Å²) >= 11 is 1.88. The summed E-state index contributed by atoms with van der Waals surface area (Å²) in [5.74, 6) is 0. The van der Waals surface area contributed by atoms with E-state index in [1.54, 1.807) is 0 Å². The van der Waals surface area contributed by atoms with E-state index in [4.69, 9.17) is 0 Å². The SMILES string of the molecule is c1ccc2c(c1)ccc1sc3cc4[nH]c5ccccc5c4cc3c12. The van der Waals surface area contributed by atoms with E-state index in [2.05, 4.69) is 77.8 Å². The highest BCUT2D eigenvalue weighted by molar-refractivity contribution is 7.26. The smallest absolute Gasteiger partial charge is 0.0479 e. The Balaban J connectivity index is 1.89. The molecule has 0 spiro atoms. The molecule has 0 saturated heterocycles. The number of hydrogen-bond acceptors (Lipinski definition) is 1. The molecule has 2 aromatic heterocycles. The maximum atomic E-state index is 3.56. The molecule has 1 N–H and O–H groups in total. The van der Waals surface area contributed by atoms with Gasteiger partial charge in [-0.3, -0.25) is 0 Å². The van der Waals surface area contributed by atoms with Gasteiger partial charge in [0.2, 0.25) is 0 Å². The molecule has 24 heavy (non-hydrogen) atoms. The number of hydrogen-bond donors (Lipinski definition) is 1. The van der Waals surface area contributed by atoms with Gasteiger partial charge in [-0.25, -0.2) is 0 Å². The van der Waals surface area contributed by atoms with Crippen LogP contribution in [0.3, 0.4) is 0 Å². The first-order valence-corrected chi connectivity index (χ1v) is 8.94. The van der Waals surface area contributed by atoms with Crippen LogP contribution in [0, 0.1) is 0 Å². The second kappa shape index (κ2) is 4.37. The Bertz CT molecular complexity index is 1400. The maximum Gasteiger partial charge on any atom is 0.0479 e. The Kier molecular flexibility index (Phi) is 2.29. The van der Waals surface area contributed by atoms with Gasteiger partial charge in [0.05, 0.1) is 0 Å². The van der Waals surface area contributed by atoms with E-state index in [1.165, 1.54) is 52.8 Å². The number of aromatic nitrogens is 1. The van der Waals surface area contributed by atoms with Crippen molar-refractivity contribution in [3.8, 4) is 0 Å². The minimum Gasteiger partial charge on any atom is -0.354 e. The van der Waals surface area contributed by atoms with E-state index in [-0.39, 0.29) is 0 Å². The summed E-state index contributed by atoms with van der Waals surface area (Å²) < 4.78 is 2.71. The number of H-pyrrole nitrogens is 1.